The van der Waals surface area contributed by atoms with Gasteiger partial charge in [0.25, 0.3) is 11.8 Å². The molecule has 7 heteroatoms. The van der Waals surface area contributed by atoms with E-state index < -0.39 is 17.6 Å². The molecule has 0 saturated heterocycles. The molecule has 0 atom stereocenters. The zero-order valence-corrected chi connectivity index (χ0v) is 17.3. The molecule has 1 aliphatic rings. The molecule has 0 fully saturated rings. The number of benzene rings is 2. The van der Waals surface area contributed by atoms with Crippen molar-refractivity contribution in [2.45, 2.75) is 13.8 Å². The Balaban J connectivity index is 2.00. The Kier molecular flexibility index (Phi) is 6.52. The first-order valence-electron chi connectivity index (χ1n) is 9.77. The van der Waals surface area contributed by atoms with Crippen molar-refractivity contribution in [3.05, 3.63) is 65.6 Å². The van der Waals surface area contributed by atoms with Crippen LogP contribution in [0.1, 0.15) is 19.4 Å². The highest BCUT2D eigenvalue weighted by Gasteiger charge is 2.41. The van der Waals surface area contributed by atoms with Crippen molar-refractivity contribution < 1.29 is 23.8 Å². The monoisotopic (exact) mass is 412 g/mol. The van der Waals surface area contributed by atoms with Gasteiger partial charge >= 0.3 is 0 Å². The van der Waals surface area contributed by atoms with E-state index in [1.165, 1.54) is 24.3 Å². The van der Waals surface area contributed by atoms with Crippen LogP contribution in [-0.4, -0.2) is 48.6 Å². The first-order chi connectivity index (χ1) is 14.3. The second kappa shape index (κ2) is 9.09. The number of hydrogen-bond donors (Lipinski definition) is 1. The lowest BCUT2D eigenvalue weighted by Crippen LogP contribution is -2.34. The van der Waals surface area contributed by atoms with E-state index in [9.17, 15) is 19.1 Å². The molecule has 158 valence electrons. The summed E-state index contributed by atoms with van der Waals surface area (Å²) in [5.41, 5.74) is 1.27. The molecule has 0 aliphatic carbocycles. The van der Waals surface area contributed by atoms with Gasteiger partial charge < -0.3 is 14.7 Å². The molecule has 1 heterocycles. The van der Waals surface area contributed by atoms with Crippen LogP contribution in [0.4, 0.5) is 10.1 Å². The van der Waals surface area contributed by atoms with Crippen LogP contribution < -0.4 is 9.64 Å². The molecule has 0 radical (unpaired) electrons. The van der Waals surface area contributed by atoms with Crippen LogP contribution in [0.5, 0.6) is 5.75 Å². The molecule has 0 saturated carbocycles. The summed E-state index contributed by atoms with van der Waals surface area (Å²) in [5.74, 6) is -0.421. The minimum Gasteiger partial charge on any atom is -0.493 e. The number of likely N-dealkylation sites (N-methyl/N-ethyl adjacent to an activating group) is 1. The second-order valence-electron chi connectivity index (χ2n) is 7.52. The summed E-state index contributed by atoms with van der Waals surface area (Å²) >= 11 is 0. The van der Waals surface area contributed by atoms with Crippen LogP contribution in [0.15, 0.2) is 54.2 Å². The number of hydrogen-bond acceptors (Lipinski definition) is 5. The van der Waals surface area contributed by atoms with E-state index in [1.54, 1.807) is 36.2 Å². The first-order valence-corrected chi connectivity index (χ1v) is 9.77. The number of aliphatic hydroxyl groups excluding tert-OH is 1. The molecule has 0 aromatic heterocycles. The standard InChI is InChI=1S/C23H25FN2O4/c1-15(2)14-30-19-10-4-16(5-11-19)20-21(25(3)12-13-27)23(29)26(22(20)28)18-8-6-17(24)7-9-18/h4-11,15,27H,12-14H2,1-3H3. The van der Waals surface area contributed by atoms with Gasteiger partial charge in [-0.05, 0) is 47.9 Å². The van der Waals surface area contributed by atoms with Gasteiger partial charge in [-0.1, -0.05) is 26.0 Å². The molecule has 30 heavy (non-hydrogen) atoms. The Hall–Kier alpha value is -3.19. The fraction of sp³-hybridized carbons (Fsp3) is 0.304. The molecular weight excluding hydrogens is 387 g/mol. The van der Waals surface area contributed by atoms with Gasteiger partial charge in [0.1, 0.15) is 17.3 Å². The third-order valence-corrected chi connectivity index (χ3v) is 4.69. The van der Waals surface area contributed by atoms with E-state index in [0.717, 1.165) is 4.90 Å². The normalized spacial score (nSPS) is 14.1. The lowest BCUT2D eigenvalue weighted by atomic mass is 10.0. The molecule has 3 rings (SSSR count). The summed E-state index contributed by atoms with van der Waals surface area (Å²) < 4.78 is 19.0. The summed E-state index contributed by atoms with van der Waals surface area (Å²) in [6.07, 6.45) is 0. The van der Waals surface area contributed by atoms with E-state index in [1.807, 2.05) is 0 Å². The number of ether oxygens (including phenoxy) is 1. The Morgan fingerprint density at radius 3 is 2.23 bits per heavy atom. The highest BCUT2D eigenvalue weighted by atomic mass is 19.1. The molecule has 0 unspecified atom stereocenters. The van der Waals surface area contributed by atoms with Crippen LogP contribution in [0, 0.1) is 11.7 Å². The van der Waals surface area contributed by atoms with E-state index in [2.05, 4.69) is 13.8 Å². The van der Waals surface area contributed by atoms with Crippen molar-refractivity contribution in [1.82, 2.24) is 4.90 Å². The number of anilines is 1. The summed E-state index contributed by atoms with van der Waals surface area (Å²) in [5, 5.41) is 9.33. The second-order valence-corrected chi connectivity index (χ2v) is 7.52. The highest BCUT2D eigenvalue weighted by Crippen LogP contribution is 2.34. The minimum atomic E-state index is -0.516. The zero-order valence-electron chi connectivity index (χ0n) is 17.3. The summed E-state index contributed by atoms with van der Waals surface area (Å²) in [6, 6.07) is 12.2. The van der Waals surface area contributed by atoms with Crippen molar-refractivity contribution >= 4 is 23.1 Å². The van der Waals surface area contributed by atoms with Crippen molar-refractivity contribution in [1.29, 1.82) is 0 Å². The van der Waals surface area contributed by atoms with E-state index in [-0.39, 0.29) is 30.1 Å². The van der Waals surface area contributed by atoms with Crippen molar-refractivity contribution in [2.24, 2.45) is 5.92 Å². The number of carbonyl (C=O) groups is 2. The van der Waals surface area contributed by atoms with Gasteiger partial charge in [0, 0.05) is 13.6 Å². The van der Waals surface area contributed by atoms with Crippen LogP contribution in [0.25, 0.3) is 5.57 Å². The largest absolute Gasteiger partial charge is 0.493 e. The van der Waals surface area contributed by atoms with Gasteiger partial charge in [0.2, 0.25) is 0 Å². The zero-order chi connectivity index (χ0) is 21.8. The summed E-state index contributed by atoms with van der Waals surface area (Å²) in [7, 11) is 1.64. The molecular formula is C23H25FN2O4. The van der Waals surface area contributed by atoms with Crippen LogP contribution in [0.2, 0.25) is 0 Å². The van der Waals surface area contributed by atoms with Crippen LogP contribution >= 0.6 is 0 Å². The molecule has 6 nitrogen and oxygen atoms in total. The van der Waals surface area contributed by atoms with Crippen molar-refractivity contribution in [3.63, 3.8) is 0 Å². The molecule has 2 aromatic carbocycles. The average Bonchev–Trinajstić information content (AvgIpc) is 2.98. The maximum atomic E-state index is 13.3. The van der Waals surface area contributed by atoms with Gasteiger partial charge in [-0.25, -0.2) is 9.29 Å². The average molecular weight is 412 g/mol. The SMILES string of the molecule is CC(C)COc1ccc(C2=C(N(C)CCO)C(=O)N(c3ccc(F)cc3)C2=O)cc1. The topological polar surface area (TPSA) is 70.1 Å². The number of imide groups is 1. The van der Waals surface area contributed by atoms with E-state index >= 15 is 0 Å². The highest BCUT2D eigenvalue weighted by molar-refractivity contribution is 6.45. The predicted octanol–water partition coefficient (Wildman–Crippen LogP) is 3.07. The lowest BCUT2D eigenvalue weighted by molar-refractivity contribution is -0.120. The van der Waals surface area contributed by atoms with Gasteiger partial charge in [-0.3, -0.25) is 9.59 Å². The number of nitrogens with zero attached hydrogens (tertiary/aromatic N) is 2. The van der Waals surface area contributed by atoms with Crippen molar-refractivity contribution in [3.8, 4) is 5.75 Å². The first kappa shape index (κ1) is 21.5. The van der Waals surface area contributed by atoms with Gasteiger partial charge in [0.05, 0.1) is 24.5 Å². The Bertz CT molecular complexity index is 952. The van der Waals surface area contributed by atoms with Gasteiger partial charge in [0.15, 0.2) is 0 Å². The van der Waals surface area contributed by atoms with Gasteiger partial charge in [-0.2, -0.15) is 0 Å². The summed E-state index contributed by atoms with van der Waals surface area (Å²) in [6.45, 7) is 4.69. The maximum absolute atomic E-state index is 13.3. The molecule has 0 bridgehead atoms. The summed E-state index contributed by atoms with van der Waals surface area (Å²) in [4.78, 5) is 29.0. The van der Waals surface area contributed by atoms with E-state index in [4.69, 9.17) is 4.74 Å². The quantitative estimate of drug-likeness (QED) is 0.675. The Morgan fingerprint density at radius 2 is 1.67 bits per heavy atom. The number of amides is 2. The van der Waals surface area contributed by atoms with E-state index in [0.29, 0.717) is 23.8 Å². The molecule has 1 aliphatic heterocycles. The number of aliphatic hydroxyl groups is 1. The van der Waals surface area contributed by atoms with Gasteiger partial charge in [-0.15, -0.1) is 0 Å². The predicted molar refractivity (Wildman–Crippen MR) is 112 cm³/mol. The Morgan fingerprint density at radius 1 is 1.03 bits per heavy atom. The smallest absolute Gasteiger partial charge is 0.282 e. The fourth-order valence-corrected chi connectivity index (χ4v) is 3.20. The van der Waals surface area contributed by atoms with Crippen molar-refractivity contribution in [2.75, 3.05) is 31.7 Å². The Labute approximate surface area is 175 Å². The minimum absolute atomic E-state index is 0.173. The molecule has 0 spiro atoms. The molecule has 2 aromatic rings. The number of rotatable bonds is 8. The van der Waals surface area contributed by atoms with Crippen LogP contribution in [-0.2, 0) is 9.59 Å². The number of halogens is 1. The lowest BCUT2D eigenvalue weighted by Gasteiger charge is -2.20. The molecule has 1 N–H and O–H groups in total. The third-order valence-electron chi connectivity index (χ3n) is 4.69. The third kappa shape index (κ3) is 4.36. The number of carbonyl (C=O) groups excluding carboxylic acids is 2. The molecule has 2 amide bonds. The fourth-order valence-electron chi connectivity index (χ4n) is 3.20. The van der Waals surface area contributed by atoms with Crippen LogP contribution in [0.3, 0.4) is 0 Å². The maximum Gasteiger partial charge on any atom is 0.282 e.